The highest BCUT2D eigenvalue weighted by molar-refractivity contribution is 5.23. The van der Waals surface area contributed by atoms with Gasteiger partial charge in [-0.15, -0.1) is 0 Å². The van der Waals surface area contributed by atoms with Gasteiger partial charge in [-0.1, -0.05) is 38.1 Å². The number of aryl methyl sites for hydroxylation is 1. The Morgan fingerprint density at radius 2 is 1.78 bits per heavy atom. The highest BCUT2D eigenvalue weighted by atomic mass is 16.5. The monoisotopic (exact) mass is 249 g/mol. The molecule has 0 saturated heterocycles. The molecule has 1 rings (SSSR count). The minimum atomic E-state index is 0.530. The smallest absolute Gasteiger partial charge is 0.0488 e. The summed E-state index contributed by atoms with van der Waals surface area (Å²) >= 11 is 0. The Morgan fingerprint density at radius 1 is 1.17 bits per heavy atom. The van der Waals surface area contributed by atoms with E-state index in [4.69, 9.17) is 4.74 Å². The second-order valence-electron chi connectivity index (χ2n) is 5.16. The Balaban J connectivity index is 2.50. The van der Waals surface area contributed by atoms with E-state index in [0.717, 1.165) is 25.9 Å². The Labute approximate surface area is 112 Å². The zero-order valence-corrected chi connectivity index (χ0v) is 12.2. The second kappa shape index (κ2) is 8.28. The third kappa shape index (κ3) is 5.19. The molecule has 1 aromatic carbocycles. The lowest BCUT2D eigenvalue weighted by molar-refractivity contribution is 0.150. The molecule has 0 fully saturated rings. The lowest BCUT2D eigenvalue weighted by Gasteiger charge is -2.20. The number of hydrogen-bond donors (Lipinski definition) is 1. The van der Waals surface area contributed by atoms with Crippen LogP contribution in [-0.4, -0.2) is 26.8 Å². The van der Waals surface area contributed by atoms with Crippen molar-refractivity contribution in [2.24, 2.45) is 5.92 Å². The van der Waals surface area contributed by atoms with Crippen LogP contribution in [-0.2, 0) is 17.6 Å². The first-order valence-corrected chi connectivity index (χ1v) is 6.93. The van der Waals surface area contributed by atoms with Gasteiger partial charge in [0.1, 0.15) is 0 Å². The first kappa shape index (κ1) is 15.2. The van der Waals surface area contributed by atoms with Gasteiger partial charge in [0.2, 0.25) is 0 Å². The molecule has 0 radical (unpaired) electrons. The lowest BCUT2D eigenvalue weighted by atomic mass is 9.96. The first-order chi connectivity index (χ1) is 8.69. The number of rotatable bonds is 8. The number of benzene rings is 1. The van der Waals surface area contributed by atoms with E-state index >= 15 is 0 Å². The van der Waals surface area contributed by atoms with Crippen molar-refractivity contribution in [3.05, 3.63) is 35.4 Å². The van der Waals surface area contributed by atoms with Gasteiger partial charge in [0.25, 0.3) is 0 Å². The van der Waals surface area contributed by atoms with E-state index < -0.39 is 0 Å². The van der Waals surface area contributed by atoms with Crippen LogP contribution in [0.3, 0.4) is 0 Å². The SMILES string of the molecule is CCc1ccc(CC(CC(C)COC)NC)cc1. The van der Waals surface area contributed by atoms with E-state index in [1.165, 1.54) is 11.1 Å². The molecule has 0 aliphatic carbocycles. The Morgan fingerprint density at radius 3 is 2.28 bits per heavy atom. The van der Waals surface area contributed by atoms with Crippen LogP contribution in [0.15, 0.2) is 24.3 Å². The van der Waals surface area contributed by atoms with Gasteiger partial charge >= 0.3 is 0 Å². The van der Waals surface area contributed by atoms with Gasteiger partial charge < -0.3 is 10.1 Å². The predicted octanol–water partition coefficient (Wildman–Crippen LogP) is 3.05. The van der Waals surface area contributed by atoms with E-state index in [0.29, 0.717) is 12.0 Å². The summed E-state index contributed by atoms with van der Waals surface area (Å²) < 4.78 is 5.20. The highest BCUT2D eigenvalue weighted by Gasteiger charge is 2.12. The standard InChI is InChI=1S/C16H27NO/c1-5-14-6-8-15(9-7-14)11-16(17-3)10-13(2)12-18-4/h6-9,13,16-17H,5,10-12H2,1-4H3. The van der Waals surface area contributed by atoms with Crippen molar-refractivity contribution < 1.29 is 4.74 Å². The maximum atomic E-state index is 5.20. The third-order valence-corrected chi connectivity index (χ3v) is 3.46. The van der Waals surface area contributed by atoms with Crippen LogP contribution < -0.4 is 5.32 Å². The molecule has 0 aromatic heterocycles. The summed E-state index contributed by atoms with van der Waals surface area (Å²) in [5.41, 5.74) is 2.82. The van der Waals surface area contributed by atoms with Crippen LogP contribution in [0.4, 0.5) is 0 Å². The zero-order chi connectivity index (χ0) is 13.4. The fraction of sp³-hybridized carbons (Fsp3) is 0.625. The lowest BCUT2D eigenvalue weighted by Crippen LogP contribution is -2.30. The summed E-state index contributed by atoms with van der Waals surface area (Å²) in [6, 6.07) is 9.51. The summed E-state index contributed by atoms with van der Waals surface area (Å²) in [7, 11) is 3.82. The highest BCUT2D eigenvalue weighted by Crippen LogP contribution is 2.13. The largest absolute Gasteiger partial charge is 0.384 e. The molecule has 0 aliphatic heterocycles. The van der Waals surface area contributed by atoms with Gasteiger partial charge in [-0.3, -0.25) is 0 Å². The number of hydrogen-bond acceptors (Lipinski definition) is 2. The van der Waals surface area contributed by atoms with Crippen molar-refractivity contribution in [3.63, 3.8) is 0 Å². The number of methoxy groups -OCH3 is 1. The van der Waals surface area contributed by atoms with E-state index in [-0.39, 0.29) is 0 Å². The minimum Gasteiger partial charge on any atom is -0.384 e. The third-order valence-electron chi connectivity index (χ3n) is 3.46. The van der Waals surface area contributed by atoms with Crippen molar-refractivity contribution >= 4 is 0 Å². The van der Waals surface area contributed by atoms with Gasteiger partial charge in [-0.25, -0.2) is 0 Å². The molecule has 2 unspecified atom stereocenters. The van der Waals surface area contributed by atoms with Crippen LogP contribution in [0.25, 0.3) is 0 Å². The van der Waals surface area contributed by atoms with E-state index in [9.17, 15) is 0 Å². The van der Waals surface area contributed by atoms with E-state index in [2.05, 4.69) is 43.4 Å². The molecule has 2 heteroatoms. The van der Waals surface area contributed by atoms with Crippen molar-refractivity contribution in [1.29, 1.82) is 0 Å². The van der Waals surface area contributed by atoms with Crippen LogP contribution >= 0.6 is 0 Å². The normalized spacial score (nSPS) is 14.4. The molecule has 2 atom stereocenters. The molecule has 0 aliphatic rings. The molecule has 0 spiro atoms. The Bertz CT molecular complexity index is 320. The predicted molar refractivity (Wildman–Crippen MR) is 78.0 cm³/mol. The average molecular weight is 249 g/mol. The van der Waals surface area contributed by atoms with E-state index in [1.54, 1.807) is 7.11 Å². The van der Waals surface area contributed by atoms with Gasteiger partial charge in [0, 0.05) is 19.8 Å². The summed E-state index contributed by atoms with van der Waals surface area (Å²) in [4.78, 5) is 0. The number of ether oxygens (including phenoxy) is 1. The fourth-order valence-corrected chi connectivity index (χ4v) is 2.34. The summed E-state index contributed by atoms with van der Waals surface area (Å²) in [6.07, 6.45) is 3.36. The maximum Gasteiger partial charge on any atom is 0.0488 e. The Hall–Kier alpha value is -0.860. The molecular weight excluding hydrogens is 222 g/mol. The van der Waals surface area contributed by atoms with E-state index in [1.807, 2.05) is 7.05 Å². The molecule has 2 nitrogen and oxygen atoms in total. The quantitative estimate of drug-likeness (QED) is 0.764. The molecule has 1 N–H and O–H groups in total. The van der Waals surface area contributed by atoms with Crippen LogP contribution in [0.2, 0.25) is 0 Å². The molecule has 0 amide bonds. The van der Waals surface area contributed by atoms with Crippen molar-refractivity contribution in [3.8, 4) is 0 Å². The van der Waals surface area contributed by atoms with Crippen LogP contribution in [0.5, 0.6) is 0 Å². The van der Waals surface area contributed by atoms with Gasteiger partial charge in [0.05, 0.1) is 0 Å². The fourth-order valence-electron chi connectivity index (χ4n) is 2.34. The Kier molecular flexibility index (Phi) is 6.99. The number of nitrogens with one attached hydrogen (secondary N) is 1. The van der Waals surface area contributed by atoms with Gasteiger partial charge in [-0.05, 0) is 43.4 Å². The molecule has 102 valence electrons. The topological polar surface area (TPSA) is 21.3 Å². The number of likely N-dealkylation sites (N-methyl/N-ethyl adjacent to an activating group) is 1. The van der Waals surface area contributed by atoms with Gasteiger partial charge in [-0.2, -0.15) is 0 Å². The maximum absolute atomic E-state index is 5.20. The molecule has 0 heterocycles. The average Bonchev–Trinajstić information content (AvgIpc) is 2.39. The molecule has 18 heavy (non-hydrogen) atoms. The zero-order valence-electron chi connectivity index (χ0n) is 12.2. The van der Waals surface area contributed by atoms with Crippen molar-refractivity contribution in [2.75, 3.05) is 20.8 Å². The molecule has 1 aromatic rings. The van der Waals surface area contributed by atoms with Crippen LogP contribution in [0, 0.1) is 5.92 Å². The summed E-state index contributed by atoms with van der Waals surface area (Å²) in [5.74, 6) is 0.599. The first-order valence-electron chi connectivity index (χ1n) is 6.93. The summed E-state index contributed by atoms with van der Waals surface area (Å²) in [6.45, 7) is 5.28. The van der Waals surface area contributed by atoms with Crippen LogP contribution in [0.1, 0.15) is 31.4 Å². The van der Waals surface area contributed by atoms with Crippen molar-refractivity contribution in [1.82, 2.24) is 5.32 Å². The minimum absolute atomic E-state index is 0.530. The van der Waals surface area contributed by atoms with Crippen molar-refractivity contribution in [2.45, 2.75) is 39.2 Å². The molecule has 0 bridgehead atoms. The second-order valence-corrected chi connectivity index (χ2v) is 5.16. The molecular formula is C16H27NO. The molecule has 0 saturated carbocycles. The summed E-state index contributed by atoms with van der Waals surface area (Å²) in [5, 5.41) is 3.41. The van der Waals surface area contributed by atoms with Gasteiger partial charge in [0.15, 0.2) is 0 Å².